The van der Waals surface area contributed by atoms with E-state index in [1.165, 1.54) is 0 Å². The maximum absolute atomic E-state index is 12.1. The molecule has 4 nitrogen and oxygen atoms in total. The fourth-order valence-corrected chi connectivity index (χ4v) is 2.47. The largest absolute Gasteiger partial charge is 0.396 e. The Morgan fingerprint density at radius 3 is 2.20 bits per heavy atom. The second-order valence-corrected chi connectivity index (χ2v) is 6.41. The van der Waals surface area contributed by atoms with E-state index in [4.69, 9.17) is 0 Å². The van der Waals surface area contributed by atoms with Crippen LogP contribution in [0.15, 0.2) is 29.2 Å². The molecule has 0 aromatic heterocycles. The summed E-state index contributed by atoms with van der Waals surface area (Å²) in [5.74, 6) is -0.168. The molecular weight excluding hydrogens is 274 g/mol. The highest BCUT2D eigenvalue weighted by Crippen LogP contribution is 2.24. The van der Waals surface area contributed by atoms with Crippen molar-refractivity contribution in [1.29, 1.82) is 0 Å². The van der Waals surface area contributed by atoms with Crippen molar-refractivity contribution in [2.24, 2.45) is 5.41 Å². The van der Waals surface area contributed by atoms with Gasteiger partial charge in [-0.2, -0.15) is 0 Å². The summed E-state index contributed by atoms with van der Waals surface area (Å²) in [4.78, 5) is 12.8. The van der Waals surface area contributed by atoms with Crippen molar-refractivity contribution in [2.45, 2.75) is 31.6 Å². The lowest BCUT2D eigenvalue weighted by Gasteiger charge is -2.29. The number of benzene rings is 1. The fourth-order valence-electron chi connectivity index (χ4n) is 1.95. The molecule has 0 aliphatic heterocycles. The van der Waals surface area contributed by atoms with Gasteiger partial charge in [0.1, 0.15) is 0 Å². The third kappa shape index (κ3) is 4.15. The summed E-state index contributed by atoms with van der Waals surface area (Å²) < 4.78 is 11.3. The van der Waals surface area contributed by atoms with Crippen molar-refractivity contribution in [3.8, 4) is 0 Å². The summed E-state index contributed by atoms with van der Waals surface area (Å²) in [6.07, 6.45) is 3.23. The Morgan fingerprint density at radius 2 is 1.80 bits per heavy atom. The van der Waals surface area contributed by atoms with Gasteiger partial charge in [-0.05, 0) is 37.1 Å². The highest BCUT2D eigenvalue weighted by Gasteiger charge is 2.25. The van der Waals surface area contributed by atoms with E-state index in [0.717, 1.165) is 12.8 Å². The zero-order chi connectivity index (χ0) is 15.2. The SMILES string of the molecule is CCC(CC)(CO)CNC(=O)c1ccc(S(C)=O)cc1. The van der Waals surface area contributed by atoms with Gasteiger partial charge in [0.25, 0.3) is 5.91 Å². The first-order valence-electron chi connectivity index (χ1n) is 6.80. The van der Waals surface area contributed by atoms with Crippen molar-refractivity contribution in [3.05, 3.63) is 29.8 Å². The van der Waals surface area contributed by atoms with Gasteiger partial charge < -0.3 is 10.4 Å². The van der Waals surface area contributed by atoms with Crippen LogP contribution in [0.3, 0.4) is 0 Å². The number of aliphatic hydroxyl groups is 1. The Bertz CT molecular complexity index is 458. The van der Waals surface area contributed by atoms with Crippen LogP contribution in [0.4, 0.5) is 0 Å². The van der Waals surface area contributed by atoms with Gasteiger partial charge in [-0.25, -0.2) is 0 Å². The van der Waals surface area contributed by atoms with Crippen molar-refractivity contribution in [1.82, 2.24) is 5.32 Å². The van der Waals surface area contributed by atoms with E-state index in [1.54, 1.807) is 30.5 Å². The van der Waals surface area contributed by atoms with Crippen LogP contribution in [0.25, 0.3) is 0 Å². The molecule has 0 bridgehead atoms. The predicted molar refractivity (Wildman–Crippen MR) is 81.2 cm³/mol. The topological polar surface area (TPSA) is 66.4 Å². The number of carbonyl (C=O) groups excluding carboxylic acids is 1. The molecule has 112 valence electrons. The quantitative estimate of drug-likeness (QED) is 0.808. The average Bonchev–Trinajstić information content (AvgIpc) is 2.49. The summed E-state index contributed by atoms with van der Waals surface area (Å²) in [7, 11) is -1.04. The summed E-state index contributed by atoms with van der Waals surface area (Å²) in [6.45, 7) is 4.54. The van der Waals surface area contributed by atoms with Gasteiger partial charge >= 0.3 is 0 Å². The summed E-state index contributed by atoms with van der Waals surface area (Å²) in [5, 5.41) is 12.3. The van der Waals surface area contributed by atoms with Gasteiger partial charge in [0.15, 0.2) is 0 Å². The number of hydrogen-bond donors (Lipinski definition) is 2. The van der Waals surface area contributed by atoms with Crippen molar-refractivity contribution >= 4 is 16.7 Å². The molecule has 0 saturated carbocycles. The van der Waals surface area contributed by atoms with Crippen molar-refractivity contribution in [2.75, 3.05) is 19.4 Å². The molecule has 2 N–H and O–H groups in total. The zero-order valence-electron chi connectivity index (χ0n) is 12.3. The van der Waals surface area contributed by atoms with Crippen LogP contribution in [0.5, 0.6) is 0 Å². The molecule has 1 aromatic carbocycles. The number of carbonyl (C=O) groups is 1. The van der Waals surface area contributed by atoms with Crippen LogP contribution in [0.2, 0.25) is 0 Å². The summed E-state index contributed by atoms with van der Waals surface area (Å²) in [6, 6.07) is 6.74. The van der Waals surface area contributed by atoms with E-state index in [-0.39, 0.29) is 17.9 Å². The van der Waals surface area contributed by atoms with Crippen LogP contribution >= 0.6 is 0 Å². The molecule has 0 aliphatic carbocycles. The van der Waals surface area contributed by atoms with Gasteiger partial charge in [-0.3, -0.25) is 9.00 Å². The molecule has 1 aromatic rings. The standard InChI is InChI=1S/C15H23NO3S/c1-4-15(5-2,11-17)10-16-14(18)12-6-8-13(9-7-12)20(3)19/h6-9,17H,4-5,10-11H2,1-3H3,(H,16,18). The second-order valence-electron chi connectivity index (χ2n) is 5.03. The van der Waals surface area contributed by atoms with E-state index >= 15 is 0 Å². The first-order chi connectivity index (χ1) is 9.48. The Labute approximate surface area is 123 Å². The molecule has 5 heteroatoms. The number of hydrogen-bond acceptors (Lipinski definition) is 3. The van der Waals surface area contributed by atoms with E-state index in [0.29, 0.717) is 17.0 Å². The van der Waals surface area contributed by atoms with Crippen LogP contribution in [0.1, 0.15) is 37.0 Å². The Hall–Kier alpha value is -1.20. The van der Waals surface area contributed by atoms with Gasteiger partial charge in [-0.1, -0.05) is 13.8 Å². The molecule has 0 spiro atoms. The van der Waals surface area contributed by atoms with Crippen LogP contribution in [0, 0.1) is 5.41 Å². The lowest BCUT2D eigenvalue weighted by Crippen LogP contribution is -2.39. The molecule has 0 saturated heterocycles. The zero-order valence-corrected chi connectivity index (χ0v) is 13.1. The van der Waals surface area contributed by atoms with Gasteiger partial charge in [0, 0.05) is 39.5 Å². The molecule has 1 amide bonds. The summed E-state index contributed by atoms with van der Waals surface area (Å²) >= 11 is 0. The number of rotatable bonds is 7. The maximum Gasteiger partial charge on any atom is 0.251 e. The Kier molecular flexibility index (Phi) is 6.36. The third-order valence-corrected chi connectivity index (χ3v) is 4.84. The smallest absolute Gasteiger partial charge is 0.251 e. The van der Waals surface area contributed by atoms with E-state index < -0.39 is 10.8 Å². The number of amides is 1. The van der Waals surface area contributed by atoms with Gasteiger partial charge in [-0.15, -0.1) is 0 Å². The monoisotopic (exact) mass is 297 g/mol. The molecular formula is C15H23NO3S. The highest BCUT2D eigenvalue weighted by atomic mass is 32.2. The second kappa shape index (κ2) is 7.55. The lowest BCUT2D eigenvalue weighted by atomic mass is 9.83. The van der Waals surface area contributed by atoms with E-state index in [9.17, 15) is 14.1 Å². The number of nitrogens with one attached hydrogen (secondary N) is 1. The normalized spacial score (nSPS) is 13.0. The van der Waals surface area contributed by atoms with Crippen molar-refractivity contribution in [3.63, 3.8) is 0 Å². The minimum atomic E-state index is -1.04. The van der Waals surface area contributed by atoms with Crippen LogP contribution in [-0.2, 0) is 10.8 Å². The minimum absolute atomic E-state index is 0.0635. The van der Waals surface area contributed by atoms with Gasteiger partial charge in [0.2, 0.25) is 0 Å². The molecule has 0 heterocycles. The molecule has 20 heavy (non-hydrogen) atoms. The van der Waals surface area contributed by atoms with E-state index in [2.05, 4.69) is 5.32 Å². The number of aliphatic hydroxyl groups excluding tert-OH is 1. The maximum atomic E-state index is 12.1. The Balaban J connectivity index is 2.69. The third-order valence-electron chi connectivity index (χ3n) is 3.91. The molecule has 0 aliphatic rings. The van der Waals surface area contributed by atoms with Gasteiger partial charge in [0.05, 0.1) is 6.61 Å². The van der Waals surface area contributed by atoms with Crippen molar-refractivity contribution < 1.29 is 14.1 Å². The Morgan fingerprint density at radius 1 is 1.25 bits per heavy atom. The van der Waals surface area contributed by atoms with Crippen LogP contribution in [-0.4, -0.2) is 34.6 Å². The molecule has 1 atom stereocenters. The predicted octanol–water partition coefficient (Wildman–Crippen LogP) is 1.95. The highest BCUT2D eigenvalue weighted by molar-refractivity contribution is 7.84. The lowest BCUT2D eigenvalue weighted by molar-refractivity contribution is 0.0851. The molecule has 1 rings (SSSR count). The minimum Gasteiger partial charge on any atom is -0.396 e. The summed E-state index contributed by atoms with van der Waals surface area (Å²) in [5.41, 5.74) is 0.291. The first kappa shape index (κ1) is 16.9. The molecule has 1 unspecified atom stereocenters. The molecule has 0 radical (unpaired) electrons. The molecule has 0 fully saturated rings. The van der Waals surface area contributed by atoms with Crippen LogP contribution < -0.4 is 5.32 Å². The fraction of sp³-hybridized carbons (Fsp3) is 0.533. The first-order valence-corrected chi connectivity index (χ1v) is 8.36. The van der Waals surface area contributed by atoms with E-state index in [1.807, 2.05) is 13.8 Å². The average molecular weight is 297 g/mol.